The topological polar surface area (TPSA) is 19.6 Å². The van der Waals surface area contributed by atoms with Crippen molar-refractivity contribution < 1.29 is 4.42 Å². The van der Waals surface area contributed by atoms with E-state index >= 15 is 0 Å². The zero-order valence-corrected chi connectivity index (χ0v) is 32.6. The molecule has 0 N–H and O–H groups in total. The van der Waals surface area contributed by atoms with E-state index in [1.807, 2.05) is 6.07 Å². The van der Waals surface area contributed by atoms with Crippen molar-refractivity contribution in [3.05, 3.63) is 204 Å². The zero-order valence-electron chi connectivity index (χ0n) is 32.6. The maximum Gasteiger partial charge on any atom is 0.137 e. The van der Waals surface area contributed by atoms with Crippen LogP contribution in [0.15, 0.2) is 186 Å². The van der Waals surface area contributed by atoms with Crippen molar-refractivity contribution in [2.75, 3.05) is 9.80 Å². The molecule has 8 aromatic carbocycles. The van der Waals surface area contributed by atoms with Gasteiger partial charge in [-0.3, -0.25) is 0 Å². The van der Waals surface area contributed by atoms with E-state index in [-0.39, 0.29) is 10.8 Å². The lowest BCUT2D eigenvalue weighted by atomic mass is 9.82. The molecule has 0 bridgehead atoms. The number of rotatable bonds is 6. The normalized spacial score (nSPS) is 14.2. The molecule has 9 aromatic rings. The highest BCUT2D eigenvalue weighted by molar-refractivity contribution is 6.13. The summed E-state index contributed by atoms with van der Waals surface area (Å²) in [6.45, 7) is 9.41. The summed E-state index contributed by atoms with van der Waals surface area (Å²) in [5, 5.41) is 2.20. The summed E-state index contributed by atoms with van der Waals surface area (Å²) in [4.78, 5) is 4.83. The van der Waals surface area contributed by atoms with Gasteiger partial charge in [0.2, 0.25) is 0 Å². The second-order valence-electron chi connectivity index (χ2n) is 16.6. The number of benzene rings is 8. The standard InChI is InChI=1S/C54H42N2O/c1-53(2)45-23-11-8-20-40(45)42-30-28-38(33-47(42)53)55(35-16-6-5-7-17-35)36-18-14-19-37(32-36)56(49-25-15-27-51-52(49)44-22-10-13-26-50(44)57-51)39-29-31-43-41-21-9-12-24-46(41)54(3,4)48(43)34-39/h5-34H,1-4H3. The lowest BCUT2D eigenvalue weighted by molar-refractivity contribution is 0.660. The Bertz CT molecular complexity index is 3040. The van der Waals surface area contributed by atoms with Gasteiger partial charge in [0, 0.05) is 44.7 Å². The molecule has 0 saturated heterocycles. The quantitative estimate of drug-likeness (QED) is 0.170. The number of nitrogens with zero attached hydrogens (tertiary/aromatic N) is 2. The summed E-state index contributed by atoms with van der Waals surface area (Å²) in [6, 6.07) is 66.3. The zero-order chi connectivity index (χ0) is 38.5. The molecule has 3 nitrogen and oxygen atoms in total. The summed E-state index contributed by atoms with van der Waals surface area (Å²) < 4.78 is 6.48. The average Bonchev–Trinajstić information content (AvgIpc) is 3.82. The van der Waals surface area contributed by atoms with Crippen molar-refractivity contribution >= 4 is 56.1 Å². The first-order valence-corrected chi connectivity index (χ1v) is 19.9. The molecule has 0 atom stereocenters. The Kier molecular flexibility index (Phi) is 7.25. The van der Waals surface area contributed by atoms with E-state index in [0.29, 0.717) is 0 Å². The van der Waals surface area contributed by atoms with Gasteiger partial charge in [-0.1, -0.05) is 137 Å². The summed E-state index contributed by atoms with van der Waals surface area (Å²) in [7, 11) is 0. The van der Waals surface area contributed by atoms with Gasteiger partial charge in [-0.05, 0) is 117 Å². The first kappa shape index (κ1) is 33.5. The monoisotopic (exact) mass is 734 g/mol. The first-order valence-electron chi connectivity index (χ1n) is 19.9. The number of para-hydroxylation sites is 2. The Hall–Kier alpha value is -6.84. The minimum atomic E-state index is -0.144. The van der Waals surface area contributed by atoms with Crippen LogP contribution in [0.1, 0.15) is 49.9 Å². The number of hydrogen-bond acceptors (Lipinski definition) is 3. The van der Waals surface area contributed by atoms with E-state index < -0.39 is 0 Å². The van der Waals surface area contributed by atoms with Crippen LogP contribution in [0.25, 0.3) is 44.2 Å². The van der Waals surface area contributed by atoms with Crippen LogP contribution >= 0.6 is 0 Å². The van der Waals surface area contributed by atoms with Gasteiger partial charge in [-0.2, -0.15) is 0 Å². The van der Waals surface area contributed by atoms with Crippen LogP contribution in [0.5, 0.6) is 0 Å². The molecule has 1 heterocycles. The highest BCUT2D eigenvalue weighted by Gasteiger charge is 2.37. The first-order chi connectivity index (χ1) is 27.8. The van der Waals surface area contributed by atoms with Gasteiger partial charge in [-0.15, -0.1) is 0 Å². The molecular weight excluding hydrogens is 693 g/mol. The minimum absolute atomic E-state index is 0.115. The number of fused-ring (bicyclic) bond motifs is 9. The van der Waals surface area contributed by atoms with Gasteiger partial charge in [-0.25, -0.2) is 0 Å². The van der Waals surface area contributed by atoms with Crippen LogP contribution in [0.2, 0.25) is 0 Å². The molecule has 1 aromatic heterocycles. The summed E-state index contributed by atoms with van der Waals surface area (Å²) in [5.41, 5.74) is 18.7. The van der Waals surface area contributed by atoms with E-state index in [1.54, 1.807) is 0 Å². The largest absolute Gasteiger partial charge is 0.456 e. The van der Waals surface area contributed by atoms with Gasteiger partial charge in [0.05, 0.1) is 11.1 Å². The van der Waals surface area contributed by atoms with Crippen molar-refractivity contribution in [2.24, 2.45) is 0 Å². The summed E-state index contributed by atoms with van der Waals surface area (Å²) in [5.74, 6) is 0. The van der Waals surface area contributed by atoms with Gasteiger partial charge >= 0.3 is 0 Å². The second-order valence-corrected chi connectivity index (χ2v) is 16.6. The molecular formula is C54H42N2O. The van der Waals surface area contributed by atoms with E-state index in [2.05, 4.69) is 213 Å². The van der Waals surface area contributed by atoms with Crippen molar-refractivity contribution in [1.29, 1.82) is 0 Å². The molecule has 2 aliphatic rings. The number of furan rings is 1. The average molecular weight is 735 g/mol. The molecule has 11 rings (SSSR count). The predicted molar refractivity (Wildman–Crippen MR) is 238 cm³/mol. The molecule has 274 valence electrons. The highest BCUT2D eigenvalue weighted by Crippen LogP contribution is 2.53. The highest BCUT2D eigenvalue weighted by atomic mass is 16.3. The number of hydrogen-bond donors (Lipinski definition) is 0. The van der Waals surface area contributed by atoms with Crippen LogP contribution < -0.4 is 9.80 Å². The van der Waals surface area contributed by atoms with Crippen molar-refractivity contribution in [1.82, 2.24) is 0 Å². The van der Waals surface area contributed by atoms with Crippen LogP contribution in [-0.2, 0) is 10.8 Å². The molecule has 2 aliphatic carbocycles. The summed E-state index contributed by atoms with van der Waals surface area (Å²) in [6.07, 6.45) is 0. The lowest BCUT2D eigenvalue weighted by Crippen LogP contribution is -2.17. The molecule has 0 spiro atoms. The third-order valence-electron chi connectivity index (χ3n) is 12.6. The van der Waals surface area contributed by atoms with Gasteiger partial charge < -0.3 is 14.2 Å². The van der Waals surface area contributed by atoms with Crippen molar-refractivity contribution in [2.45, 2.75) is 38.5 Å². The molecule has 0 amide bonds. The van der Waals surface area contributed by atoms with Gasteiger partial charge in [0.25, 0.3) is 0 Å². The maximum atomic E-state index is 6.48. The van der Waals surface area contributed by atoms with Crippen LogP contribution in [0.3, 0.4) is 0 Å². The molecule has 0 saturated carbocycles. The Morgan fingerprint density at radius 2 is 0.825 bits per heavy atom. The second kappa shape index (κ2) is 12.3. The third kappa shape index (κ3) is 4.98. The fourth-order valence-electron chi connectivity index (χ4n) is 9.83. The smallest absolute Gasteiger partial charge is 0.137 e. The van der Waals surface area contributed by atoms with Crippen molar-refractivity contribution in [3.63, 3.8) is 0 Å². The van der Waals surface area contributed by atoms with E-state index in [1.165, 1.54) is 44.5 Å². The Labute approximate surface area is 334 Å². The van der Waals surface area contributed by atoms with Gasteiger partial charge in [0.15, 0.2) is 0 Å². The Morgan fingerprint density at radius 1 is 0.351 bits per heavy atom. The van der Waals surface area contributed by atoms with E-state index in [4.69, 9.17) is 4.42 Å². The Balaban J connectivity index is 1.12. The van der Waals surface area contributed by atoms with Crippen molar-refractivity contribution in [3.8, 4) is 22.3 Å². The minimum Gasteiger partial charge on any atom is -0.456 e. The number of anilines is 6. The van der Waals surface area contributed by atoms with Crippen LogP contribution in [0, 0.1) is 0 Å². The fourth-order valence-corrected chi connectivity index (χ4v) is 9.83. The van der Waals surface area contributed by atoms with Crippen LogP contribution in [-0.4, -0.2) is 0 Å². The summed E-state index contributed by atoms with van der Waals surface area (Å²) >= 11 is 0. The molecule has 0 fully saturated rings. The van der Waals surface area contributed by atoms with E-state index in [9.17, 15) is 0 Å². The molecule has 0 aliphatic heterocycles. The molecule has 3 heteroatoms. The van der Waals surface area contributed by atoms with E-state index in [0.717, 1.165) is 56.1 Å². The Morgan fingerprint density at radius 3 is 1.49 bits per heavy atom. The third-order valence-corrected chi connectivity index (χ3v) is 12.6. The SMILES string of the molecule is CC1(C)c2ccccc2-c2ccc(N(c3ccccc3)c3cccc(N(c4ccc5c(c4)C(C)(C)c4ccccc4-5)c4cccc5oc6ccccc6c45)c3)cc21. The lowest BCUT2D eigenvalue weighted by Gasteiger charge is -2.31. The maximum absolute atomic E-state index is 6.48. The van der Waals surface area contributed by atoms with Crippen LogP contribution in [0.4, 0.5) is 34.1 Å². The molecule has 0 unspecified atom stereocenters. The molecule has 0 radical (unpaired) electrons. The predicted octanol–water partition coefficient (Wildman–Crippen LogP) is 15.1. The fraction of sp³-hybridized carbons (Fsp3) is 0.111. The van der Waals surface area contributed by atoms with Gasteiger partial charge in [0.1, 0.15) is 11.2 Å². The molecule has 57 heavy (non-hydrogen) atoms.